The number of likely N-dealkylation sites (tertiary alicyclic amines) is 1. The fraction of sp³-hybridized carbons (Fsp3) is 0.296. The molecule has 4 aromatic rings. The molecule has 2 fully saturated rings. The summed E-state index contributed by atoms with van der Waals surface area (Å²) < 4.78 is 1.82. The van der Waals surface area contributed by atoms with E-state index in [-0.39, 0.29) is 6.04 Å². The van der Waals surface area contributed by atoms with Gasteiger partial charge < -0.3 is 16.4 Å². The molecule has 1 aliphatic carbocycles. The van der Waals surface area contributed by atoms with Gasteiger partial charge in [0.2, 0.25) is 0 Å². The van der Waals surface area contributed by atoms with Gasteiger partial charge in [-0.15, -0.1) is 0 Å². The van der Waals surface area contributed by atoms with Crippen molar-refractivity contribution in [3.05, 3.63) is 66.2 Å². The van der Waals surface area contributed by atoms with Crippen molar-refractivity contribution in [1.82, 2.24) is 19.7 Å². The summed E-state index contributed by atoms with van der Waals surface area (Å²) in [5, 5.41) is 5.83. The Balaban J connectivity index is 1.34. The highest BCUT2D eigenvalue weighted by atomic mass is 16.1. The van der Waals surface area contributed by atoms with E-state index in [9.17, 15) is 4.79 Å². The maximum absolute atomic E-state index is 12.4. The normalized spacial score (nSPS) is 20.1. The van der Waals surface area contributed by atoms with Crippen LogP contribution in [-0.2, 0) is 0 Å². The van der Waals surface area contributed by atoms with Gasteiger partial charge in [0.1, 0.15) is 17.1 Å². The summed E-state index contributed by atoms with van der Waals surface area (Å²) in [5.74, 6) is 0.470. The van der Waals surface area contributed by atoms with Crippen LogP contribution in [0.4, 0.5) is 5.82 Å². The molecule has 0 radical (unpaired) electrons. The molecule has 0 atom stereocenters. The van der Waals surface area contributed by atoms with Gasteiger partial charge in [-0.1, -0.05) is 48.5 Å². The molecule has 172 valence electrons. The summed E-state index contributed by atoms with van der Waals surface area (Å²) in [5.41, 5.74) is 16.6. The van der Waals surface area contributed by atoms with Crippen molar-refractivity contribution in [3.63, 3.8) is 0 Å². The molecule has 7 nitrogen and oxygen atoms in total. The lowest BCUT2D eigenvalue weighted by molar-refractivity contribution is 0.0873. The number of nitrogens with zero attached hydrogens (tertiary/aromatic N) is 4. The molecule has 2 aromatic heterocycles. The summed E-state index contributed by atoms with van der Waals surface area (Å²) in [6.45, 7) is 3.57. The van der Waals surface area contributed by atoms with Crippen molar-refractivity contribution < 1.29 is 4.79 Å². The number of benzene rings is 2. The molecule has 1 aliphatic heterocycles. The molecule has 1 saturated heterocycles. The van der Waals surface area contributed by atoms with E-state index in [0.29, 0.717) is 23.0 Å². The number of fused-ring (bicyclic) bond motifs is 1. The predicted molar refractivity (Wildman–Crippen MR) is 134 cm³/mol. The number of nitrogen functional groups attached to an aromatic ring is 1. The van der Waals surface area contributed by atoms with Crippen LogP contribution in [-0.4, -0.2) is 45.2 Å². The van der Waals surface area contributed by atoms with Crippen LogP contribution < -0.4 is 11.5 Å². The van der Waals surface area contributed by atoms with Crippen LogP contribution in [0, 0.1) is 5.92 Å². The maximum atomic E-state index is 12.4. The van der Waals surface area contributed by atoms with E-state index >= 15 is 0 Å². The molecule has 4 N–H and O–H groups in total. The lowest BCUT2D eigenvalue weighted by Crippen LogP contribution is -2.44. The first-order valence-electron chi connectivity index (χ1n) is 11.9. The van der Waals surface area contributed by atoms with Gasteiger partial charge in [0, 0.05) is 23.1 Å². The minimum atomic E-state index is -0.554. The molecule has 3 heterocycles. The van der Waals surface area contributed by atoms with Crippen LogP contribution in [0.3, 0.4) is 0 Å². The third kappa shape index (κ3) is 3.62. The fourth-order valence-electron chi connectivity index (χ4n) is 5.18. The number of primary amides is 1. The van der Waals surface area contributed by atoms with Crippen molar-refractivity contribution in [2.24, 2.45) is 11.7 Å². The standard InChI is InChI=1S/C27H28N6O/c28-26-24(27(29)34)25(31-33(26)21-13-17(14-21)16-32-11-4-12-32)20-8-7-19-9-10-22(30-23(19)15-20)18-5-2-1-3-6-18/h1-3,5-10,15,17,21H,4,11-14,16,28H2,(H2,29,34)/t17-,21+. The zero-order chi connectivity index (χ0) is 23.2. The Hall–Kier alpha value is -3.71. The summed E-state index contributed by atoms with van der Waals surface area (Å²) in [6, 6.07) is 20.3. The highest BCUT2D eigenvalue weighted by molar-refractivity contribution is 6.04. The fourth-order valence-corrected chi connectivity index (χ4v) is 5.18. The van der Waals surface area contributed by atoms with Crippen LogP contribution in [0.15, 0.2) is 60.7 Å². The Labute approximate surface area is 198 Å². The topological polar surface area (TPSA) is 103 Å². The second-order valence-corrected chi connectivity index (χ2v) is 9.53. The van der Waals surface area contributed by atoms with Crippen LogP contribution in [0.25, 0.3) is 33.4 Å². The molecule has 2 aliphatic rings. The zero-order valence-corrected chi connectivity index (χ0v) is 19.0. The minimum absolute atomic E-state index is 0.210. The third-order valence-electron chi connectivity index (χ3n) is 7.25. The van der Waals surface area contributed by atoms with E-state index in [4.69, 9.17) is 21.5 Å². The molecule has 1 amide bonds. The first-order valence-corrected chi connectivity index (χ1v) is 11.9. The Kier molecular flexibility index (Phi) is 5.07. The van der Waals surface area contributed by atoms with Crippen molar-refractivity contribution in [1.29, 1.82) is 0 Å². The summed E-state index contributed by atoms with van der Waals surface area (Å²) in [4.78, 5) is 19.7. The SMILES string of the molecule is NC(=O)c1c(-c2ccc3ccc(-c4ccccc4)nc3c2)nn([C@H]2C[C@@H](CN3CCC3)C2)c1N. The van der Waals surface area contributed by atoms with E-state index < -0.39 is 5.91 Å². The number of aromatic nitrogens is 3. The quantitative estimate of drug-likeness (QED) is 0.458. The first-order chi connectivity index (χ1) is 16.6. The van der Waals surface area contributed by atoms with Crippen molar-refractivity contribution in [2.75, 3.05) is 25.4 Å². The predicted octanol–water partition coefficient (Wildman–Crippen LogP) is 4.10. The molecule has 6 rings (SSSR count). The van der Waals surface area contributed by atoms with Crippen LogP contribution in [0.2, 0.25) is 0 Å². The zero-order valence-electron chi connectivity index (χ0n) is 19.0. The molecule has 7 heteroatoms. The average molecular weight is 453 g/mol. The van der Waals surface area contributed by atoms with Crippen LogP contribution in [0.1, 0.15) is 35.7 Å². The molecule has 0 spiro atoms. The van der Waals surface area contributed by atoms with Gasteiger partial charge in [-0.05, 0) is 50.4 Å². The van der Waals surface area contributed by atoms with Crippen LogP contribution in [0.5, 0.6) is 0 Å². The van der Waals surface area contributed by atoms with Crippen LogP contribution >= 0.6 is 0 Å². The summed E-state index contributed by atoms with van der Waals surface area (Å²) in [7, 11) is 0. The average Bonchev–Trinajstić information content (AvgIpc) is 3.13. The van der Waals surface area contributed by atoms with Gasteiger partial charge in [0.15, 0.2) is 0 Å². The molecular formula is C27H28N6O. The Bertz CT molecular complexity index is 1370. The van der Waals surface area contributed by atoms with Gasteiger partial charge in [-0.25, -0.2) is 9.67 Å². The minimum Gasteiger partial charge on any atom is -0.383 e. The van der Waals surface area contributed by atoms with Gasteiger partial charge in [-0.3, -0.25) is 4.79 Å². The largest absolute Gasteiger partial charge is 0.383 e. The number of nitrogens with two attached hydrogens (primary N) is 2. The Morgan fingerprint density at radius 2 is 1.76 bits per heavy atom. The molecule has 0 bridgehead atoms. The highest BCUT2D eigenvalue weighted by Gasteiger charge is 2.36. The molecule has 1 saturated carbocycles. The van der Waals surface area contributed by atoms with Gasteiger partial charge in [0.25, 0.3) is 5.91 Å². The molecule has 0 unspecified atom stereocenters. The van der Waals surface area contributed by atoms with E-state index in [1.54, 1.807) is 0 Å². The highest BCUT2D eigenvalue weighted by Crippen LogP contribution is 2.42. The lowest BCUT2D eigenvalue weighted by Gasteiger charge is -2.41. The Morgan fingerprint density at radius 3 is 2.47 bits per heavy atom. The van der Waals surface area contributed by atoms with E-state index in [0.717, 1.165) is 47.1 Å². The van der Waals surface area contributed by atoms with Gasteiger partial charge in [-0.2, -0.15) is 5.10 Å². The van der Waals surface area contributed by atoms with E-state index in [2.05, 4.69) is 11.0 Å². The molecular weight excluding hydrogens is 424 g/mol. The lowest BCUT2D eigenvalue weighted by atomic mass is 9.79. The first kappa shape index (κ1) is 20.9. The molecule has 34 heavy (non-hydrogen) atoms. The van der Waals surface area contributed by atoms with Gasteiger partial charge >= 0.3 is 0 Å². The second-order valence-electron chi connectivity index (χ2n) is 9.53. The second kappa shape index (κ2) is 8.25. The number of rotatable bonds is 6. The van der Waals surface area contributed by atoms with E-state index in [1.165, 1.54) is 19.5 Å². The smallest absolute Gasteiger partial charge is 0.254 e. The monoisotopic (exact) mass is 452 g/mol. The van der Waals surface area contributed by atoms with Gasteiger partial charge in [0.05, 0.1) is 17.3 Å². The van der Waals surface area contributed by atoms with E-state index in [1.807, 2.05) is 59.3 Å². The number of hydrogen-bond donors (Lipinski definition) is 2. The number of carbonyl (C=O) groups is 1. The van der Waals surface area contributed by atoms with Crippen molar-refractivity contribution in [2.45, 2.75) is 25.3 Å². The Morgan fingerprint density at radius 1 is 1.00 bits per heavy atom. The number of amides is 1. The number of anilines is 1. The van der Waals surface area contributed by atoms with Crippen molar-refractivity contribution >= 4 is 22.6 Å². The third-order valence-corrected chi connectivity index (χ3v) is 7.25. The maximum Gasteiger partial charge on any atom is 0.254 e. The molecule has 2 aromatic carbocycles. The summed E-state index contributed by atoms with van der Waals surface area (Å²) >= 11 is 0. The summed E-state index contributed by atoms with van der Waals surface area (Å²) in [6.07, 6.45) is 3.36. The van der Waals surface area contributed by atoms with Crippen molar-refractivity contribution in [3.8, 4) is 22.5 Å². The number of carbonyl (C=O) groups excluding carboxylic acids is 1. The number of hydrogen-bond acceptors (Lipinski definition) is 5. The number of pyridine rings is 1.